The summed E-state index contributed by atoms with van der Waals surface area (Å²) in [7, 11) is 1.46. The van der Waals surface area contributed by atoms with E-state index in [1.54, 1.807) is 62.4 Å². The highest BCUT2D eigenvalue weighted by atomic mass is 16.5. The van der Waals surface area contributed by atoms with E-state index in [4.69, 9.17) is 9.47 Å². The van der Waals surface area contributed by atoms with Gasteiger partial charge in [-0.15, -0.1) is 0 Å². The number of esters is 1. The second-order valence-electron chi connectivity index (χ2n) is 7.20. The fourth-order valence-corrected chi connectivity index (χ4v) is 2.78. The van der Waals surface area contributed by atoms with Gasteiger partial charge >= 0.3 is 5.97 Å². The smallest absolute Gasteiger partial charge is 0.313 e. The third kappa shape index (κ3) is 5.60. The van der Waals surface area contributed by atoms with Crippen molar-refractivity contribution in [1.29, 1.82) is 0 Å². The topological polar surface area (TPSA) is 97.8 Å². The van der Waals surface area contributed by atoms with Gasteiger partial charge in [0.25, 0.3) is 5.91 Å². The fraction of sp³-hybridized carbons (Fsp3) is 0.208. The van der Waals surface area contributed by atoms with Crippen LogP contribution in [0.4, 0.5) is 0 Å². The minimum absolute atomic E-state index is 0.0354. The Hall–Kier alpha value is -3.87. The first-order valence-electron chi connectivity index (χ1n) is 9.80. The summed E-state index contributed by atoms with van der Waals surface area (Å²) in [5.41, 5.74) is 2.35. The molecule has 0 aliphatic rings. The summed E-state index contributed by atoms with van der Waals surface area (Å²) in [5.74, 6) is -0.0879. The van der Waals surface area contributed by atoms with Crippen molar-refractivity contribution >= 4 is 11.9 Å². The Morgan fingerprint density at radius 1 is 1.06 bits per heavy atom. The Morgan fingerprint density at radius 3 is 2.58 bits per heavy atom. The highest BCUT2D eigenvalue weighted by molar-refractivity contribution is 5.92. The molecule has 3 rings (SSSR count). The lowest BCUT2D eigenvalue weighted by Gasteiger charge is -2.10. The maximum absolute atomic E-state index is 12.6. The number of hydrogen-bond acceptors (Lipinski definition) is 6. The van der Waals surface area contributed by atoms with Crippen molar-refractivity contribution in [1.82, 2.24) is 10.3 Å². The Bertz CT molecular complexity index is 1090. The SMILES string of the molecule is COc1cc(CNC(=O)c2cccc(-c3cccc(OC(=O)C(C)C)c3)n2)ccc1O. The molecule has 0 fully saturated rings. The Morgan fingerprint density at radius 2 is 1.84 bits per heavy atom. The van der Waals surface area contributed by atoms with Gasteiger partial charge in [0, 0.05) is 12.1 Å². The van der Waals surface area contributed by atoms with Crippen LogP contribution in [0.5, 0.6) is 17.2 Å². The van der Waals surface area contributed by atoms with Crippen LogP contribution in [-0.4, -0.2) is 29.1 Å². The van der Waals surface area contributed by atoms with Gasteiger partial charge in [-0.05, 0) is 42.0 Å². The second kappa shape index (κ2) is 9.75. The van der Waals surface area contributed by atoms with E-state index >= 15 is 0 Å². The van der Waals surface area contributed by atoms with E-state index in [1.165, 1.54) is 13.2 Å². The number of benzene rings is 2. The number of amides is 1. The van der Waals surface area contributed by atoms with Crippen LogP contribution in [0.25, 0.3) is 11.3 Å². The van der Waals surface area contributed by atoms with Crippen LogP contribution in [0.15, 0.2) is 60.7 Å². The number of phenols is 1. The van der Waals surface area contributed by atoms with Crippen molar-refractivity contribution in [2.24, 2.45) is 5.92 Å². The summed E-state index contributed by atoms with van der Waals surface area (Å²) < 4.78 is 10.4. The van der Waals surface area contributed by atoms with Gasteiger partial charge in [-0.1, -0.05) is 38.1 Å². The van der Waals surface area contributed by atoms with Gasteiger partial charge < -0.3 is 19.9 Å². The first kappa shape index (κ1) is 21.8. The molecular weight excluding hydrogens is 396 g/mol. The third-order valence-corrected chi connectivity index (χ3v) is 4.50. The molecule has 3 aromatic rings. The van der Waals surface area contributed by atoms with E-state index < -0.39 is 0 Å². The normalized spacial score (nSPS) is 10.6. The molecule has 160 valence electrons. The highest BCUT2D eigenvalue weighted by Crippen LogP contribution is 2.26. The maximum atomic E-state index is 12.6. The predicted octanol–water partition coefficient (Wildman–Crippen LogP) is 3.95. The summed E-state index contributed by atoms with van der Waals surface area (Å²) in [6, 6.07) is 17.0. The Labute approximate surface area is 180 Å². The predicted molar refractivity (Wildman–Crippen MR) is 116 cm³/mol. The highest BCUT2D eigenvalue weighted by Gasteiger charge is 2.12. The van der Waals surface area contributed by atoms with Crippen LogP contribution in [0.1, 0.15) is 29.9 Å². The van der Waals surface area contributed by atoms with Crippen molar-refractivity contribution in [3.63, 3.8) is 0 Å². The summed E-state index contributed by atoms with van der Waals surface area (Å²) in [4.78, 5) is 28.9. The lowest BCUT2D eigenvalue weighted by Crippen LogP contribution is -2.23. The molecule has 0 saturated carbocycles. The number of rotatable bonds is 7. The van der Waals surface area contributed by atoms with Gasteiger partial charge in [0.2, 0.25) is 0 Å². The quantitative estimate of drug-likeness (QED) is 0.444. The molecule has 7 nitrogen and oxygen atoms in total. The van der Waals surface area contributed by atoms with Gasteiger partial charge in [-0.2, -0.15) is 0 Å². The van der Waals surface area contributed by atoms with Crippen molar-refractivity contribution in [2.75, 3.05) is 7.11 Å². The zero-order valence-electron chi connectivity index (χ0n) is 17.6. The molecular formula is C24H24N2O5. The third-order valence-electron chi connectivity index (χ3n) is 4.50. The molecule has 2 aromatic carbocycles. The number of methoxy groups -OCH3 is 1. The first-order chi connectivity index (χ1) is 14.9. The minimum Gasteiger partial charge on any atom is -0.504 e. The summed E-state index contributed by atoms with van der Waals surface area (Å²) in [6.45, 7) is 3.79. The van der Waals surface area contributed by atoms with E-state index in [2.05, 4.69) is 10.3 Å². The molecule has 1 heterocycles. The molecule has 0 atom stereocenters. The van der Waals surface area contributed by atoms with Gasteiger partial charge in [-0.25, -0.2) is 4.98 Å². The van der Waals surface area contributed by atoms with E-state index in [-0.39, 0.29) is 35.8 Å². The lowest BCUT2D eigenvalue weighted by atomic mass is 10.1. The summed E-state index contributed by atoms with van der Waals surface area (Å²) in [6.07, 6.45) is 0. The Kier molecular flexibility index (Phi) is 6.87. The number of carbonyl (C=O) groups is 2. The number of ether oxygens (including phenoxy) is 2. The largest absolute Gasteiger partial charge is 0.504 e. The molecule has 0 saturated heterocycles. The van der Waals surface area contributed by atoms with Crippen molar-refractivity contribution in [2.45, 2.75) is 20.4 Å². The number of nitrogens with one attached hydrogen (secondary N) is 1. The van der Waals surface area contributed by atoms with Crippen LogP contribution in [0.2, 0.25) is 0 Å². The van der Waals surface area contributed by atoms with Crippen molar-refractivity contribution < 1.29 is 24.2 Å². The van der Waals surface area contributed by atoms with Gasteiger partial charge in [0.05, 0.1) is 18.7 Å². The molecule has 7 heteroatoms. The number of hydrogen-bond donors (Lipinski definition) is 2. The van der Waals surface area contributed by atoms with E-state index in [0.29, 0.717) is 17.2 Å². The average molecular weight is 420 g/mol. The van der Waals surface area contributed by atoms with Gasteiger partial charge in [0.1, 0.15) is 11.4 Å². The van der Waals surface area contributed by atoms with Crippen LogP contribution >= 0.6 is 0 Å². The maximum Gasteiger partial charge on any atom is 0.313 e. The van der Waals surface area contributed by atoms with Crippen LogP contribution in [0, 0.1) is 5.92 Å². The van der Waals surface area contributed by atoms with Gasteiger partial charge in [0.15, 0.2) is 11.5 Å². The molecule has 31 heavy (non-hydrogen) atoms. The van der Waals surface area contributed by atoms with E-state index in [9.17, 15) is 14.7 Å². The molecule has 1 amide bonds. The molecule has 0 spiro atoms. The number of carbonyl (C=O) groups excluding carboxylic acids is 2. The fourth-order valence-electron chi connectivity index (χ4n) is 2.78. The standard InChI is InChI=1S/C24H24N2O5/c1-15(2)24(29)31-18-7-4-6-17(13-18)19-8-5-9-20(26-19)23(28)25-14-16-10-11-21(27)22(12-16)30-3/h4-13,15,27H,14H2,1-3H3,(H,25,28). The number of phenolic OH excluding ortho intramolecular Hbond substituents is 1. The molecule has 1 aromatic heterocycles. The zero-order chi connectivity index (χ0) is 22.4. The molecule has 2 N–H and O–H groups in total. The monoisotopic (exact) mass is 420 g/mol. The van der Waals surface area contributed by atoms with Crippen molar-refractivity contribution in [3.05, 3.63) is 71.9 Å². The van der Waals surface area contributed by atoms with Crippen molar-refractivity contribution in [3.8, 4) is 28.5 Å². The molecule has 0 aliphatic carbocycles. The lowest BCUT2D eigenvalue weighted by molar-refractivity contribution is -0.137. The van der Waals surface area contributed by atoms with E-state index in [1.807, 2.05) is 6.07 Å². The molecule has 0 bridgehead atoms. The second-order valence-corrected chi connectivity index (χ2v) is 7.20. The number of aromatic hydroxyl groups is 1. The zero-order valence-corrected chi connectivity index (χ0v) is 17.6. The van der Waals surface area contributed by atoms with E-state index in [0.717, 1.165) is 11.1 Å². The van der Waals surface area contributed by atoms with Gasteiger partial charge in [-0.3, -0.25) is 9.59 Å². The molecule has 0 aliphatic heterocycles. The Balaban J connectivity index is 1.72. The number of pyridine rings is 1. The van der Waals surface area contributed by atoms with Crippen LogP contribution in [0.3, 0.4) is 0 Å². The number of nitrogens with zero attached hydrogens (tertiary/aromatic N) is 1. The molecule has 0 unspecified atom stereocenters. The molecule has 0 radical (unpaired) electrons. The average Bonchev–Trinajstić information content (AvgIpc) is 2.78. The summed E-state index contributed by atoms with van der Waals surface area (Å²) >= 11 is 0. The summed E-state index contributed by atoms with van der Waals surface area (Å²) in [5, 5.41) is 12.5. The van der Waals surface area contributed by atoms with Crippen LogP contribution < -0.4 is 14.8 Å². The number of aromatic nitrogens is 1. The first-order valence-corrected chi connectivity index (χ1v) is 9.80. The van der Waals surface area contributed by atoms with Crippen LogP contribution in [-0.2, 0) is 11.3 Å². The minimum atomic E-state index is -0.337.